The SMILES string of the molecule is COc1cc(OC)cc(N(c2ccc3ncc(-c4cnn(C)c4)nc3c2)C2CCC2)c1. The number of aromatic nitrogens is 4. The first kappa shape index (κ1) is 19.4. The number of fused-ring (bicyclic) bond motifs is 1. The van der Waals surface area contributed by atoms with E-state index in [1.54, 1.807) is 25.1 Å². The molecule has 0 spiro atoms. The van der Waals surface area contributed by atoms with E-state index < -0.39 is 0 Å². The molecule has 0 saturated heterocycles. The molecule has 2 aromatic heterocycles. The molecule has 0 unspecified atom stereocenters. The van der Waals surface area contributed by atoms with Crippen LogP contribution < -0.4 is 14.4 Å². The van der Waals surface area contributed by atoms with Gasteiger partial charge in [-0.1, -0.05) is 0 Å². The fourth-order valence-electron chi connectivity index (χ4n) is 3.99. The first-order chi connectivity index (χ1) is 15.1. The maximum Gasteiger partial charge on any atom is 0.124 e. The number of nitrogens with zero attached hydrogens (tertiary/aromatic N) is 5. The zero-order chi connectivity index (χ0) is 21.4. The van der Waals surface area contributed by atoms with Crippen molar-refractivity contribution in [1.82, 2.24) is 19.7 Å². The number of methoxy groups -OCH3 is 2. The van der Waals surface area contributed by atoms with Crippen molar-refractivity contribution in [3.8, 4) is 22.8 Å². The van der Waals surface area contributed by atoms with Gasteiger partial charge in [0.25, 0.3) is 0 Å². The summed E-state index contributed by atoms with van der Waals surface area (Å²) in [7, 11) is 5.25. The van der Waals surface area contributed by atoms with Crippen molar-refractivity contribution < 1.29 is 9.47 Å². The average Bonchev–Trinajstić information content (AvgIpc) is 3.21. The minimum absolute atomic E-state index is 0.434. The molecule has 4 aromatic rings. The molecule has 1 saturated carbocycles. The summed E-state index contributed by atoms with van der Waals surface area (Å²) in [5.74, 6) is 1.55. The standard InChI is InChI=1S/C24H25N5O2/c1-28-15-16(13-26-28)24-14-25-22-8-7-18(11-23(22)27-24)29(17-5-4-6-17)19-9-20(30-2)12-21(10-19)31-3/h7-15,17H,4-6H2,1-3H3. The fourth-order valence-corrected chi connectivity index (χ4v) is 3.99. The van der Waals surface area contributed by atoms with Gasteiger partial charge in [-0.15, -0.1) is 0 Å². The third-order valence-electron chi connectivity index (χ3n) is 5.86. The predicted molar refractivity (Wildman–Crippen MR) is 121 cm³/mol. The van der Waals surface area contributed by atoms with Crippen LogP contribution in [-0.4, -0.2) is 40.0 Å². The Morgan fingerprint density at radius 1 is 0.935 bits per heavy atom. The molecule has 1 aliphatic carbocycles. The van der Waals surface area contributed by atoms with E-state index in [0.29, 0.717) is 6.04 Å². The molecule has 0 N–H and O–H groups in total. The lowest BCUT2D eigenvalue weighted by atomic mass is 9.90. The molecule has 5 rings (SSSR count). The molecule has 2 aromatic carbocycles. The van der Waals surface area contributed by atoms with Gasteiger partial charge < -0.3 is 14.4 Å². The van der Waals surface area contributed by atoms with Gasteiger partial charge in [0.15, 0.2) is 0 Å². The Morgan fingerprint density at radius 3 is 2.32 bits per heavy atom. The monoisotopic (exact) mass is 415 g/mol. The summed E-state index contributed by atoms with van der Waals surface area (Å²) in [6.45, 7) is 0. The number of hydrogen-bond acceptors (Lipinski definition) is 6. The van der Waals surface area contributed by atoms with Gasteiger partial charge in [-0.2, -0.15) is 5.10 Å². The van der Waals surface area contributed by atoms with Crippen molar-refractivity contribution in [3.05, 3.63) is 55.0 Å². The first-order valence-electron chi connectivity index (χ1n) is 10.4. The normalized spacial score (nSPS) is 13.8. The second-order valence-electron chi connectivity index (χ2n) is 7.86. The number of aryl methyl sites for hydroxylation is 1. The van der Waals surface area contributed by atoms with Crippen LogP contribution >= 0.6 is 0 Å². The Hall–Kier alpha value is -3.61. The zero-order valence-corrected chi connectivity index (χ0v) is 17.9. The average molecular weight is 415 g/mol. The summed E-state index contributed by atoms with van der Waals surface area (Å²) in [5, 5.41) is 4.25. The van der Waals surface area contributed by atoms with E-state index in [9.17, 15) is 0 Å². The van der Waals surface area contributed by atoms with Crippen molar-refractivity contribution in [2.75, 3.05) is 19.1 Å². The Labute approximate surface area is 181 Å². The van der Waals surface area contributed by atoms with Gasteiger partial charge in [0.2, 0.25) is 0 Å². The highest BCUT2D eigenvalue weighted by Crippen LogP contribution is 2.40. The topological polar surface area (TPSA) is 65.3 Å². The number of rotatable bonds is 6. The molecule has 158 valence electrons. The number of ether oxygens (including phenoxy) is 2. The molecule has 2 heterocycles. The van der Waals surface area contributed by atoms with E-state index in [2.05, 4.69) is 39.2 Å². The number of benzene rings is 2. The fraction of sp³-hybridized carbons (Fsp3) is 0.292. The van der Waals surface area contributed by atoms with Gasteiger partial charge in [-0.05, 0) is 37.5 Å². The largest absolute Gasteiger partial charge is 0.497 e. The molecule has 1 fully saturated rings. The molecular formula is C24H25N5O2. The van der Waals surface area contributed by atoms with Crippen LogP contribution in [0.2, 0.25) is 0 Å². The Kier molecular flexibility index (Phi) is 4.94. The maximum atomic E-state index is 5.51. The lowest BCUT2D eigenvalue weighted by Gasteiger charge is -2.39. The smallest absolute Gasteiger partial charge is 0.124 e. The zero-order valence-electron chi connectivity index (χ0n) is 17.9. The van der Waals surface area contributed by atoms with Crippen molar-refractivity contribution in [1.29, 1.82) is 0 Å². The van der Waals surface area contributed by atoms with Gasteiger partial charge in [0.05, 0.1) is 43.3 Å². The lowest BCUT2D eigenvalue weighted by Crippen LogP contribution is -2.36. The van der Waals surface area contributed by atoms with Gasteiger partial charge in [0.1, 0.15) is 11.5 Å². The third kappa shape index (κ3) is 3.67. The van der Waals surface area contributed by atoms with E-state index in [1.807, 2.05) is 31.6 Å². The van der Waals surface area contributed by atoms with Gasteiger partial charge >= 0.3 is 0 Å². The van der Waals surface area contributed by atoms with Crippen LogP contribution in [0.4, 0.5) is 11.4 Å². The summed E-state index contributed by atoms with van der Waals surface area (Å²) < 4.78 is 12.8. The van der Waals surface area contributed by atoms with Crippen LogP contribution in [0, 0.1) is 0 Å². The molecule has 0 amide bonds. The highest BCUT2D eigenvalue weighted by Gasteiger charge is 2.27. The van der Waals surface area contributed by atoms with Crippen LogP contribution in [0.5, 0.6) is 11.5 Å². The minimum atomic E-state index is 0.434. The van der Waals surface area contributed by atoms with Crippen molar-refractivity contribution in [2.45, 2.75) is 25.3 Å². The molecule has 0 bridgehead atoms. The molecule has 0 aliphatic heterocycles. The molecular weight excluding hydrogens is 390 g/mol. The van der Waals surface area contributed by atoms with E-state index in [0.717, 1.165) is 58.0 Å². The van der Waals surface area contributed by atoms with Crippen molar-refractivity contribution >= 4 is 22.4 Å². The van der Waals surface area contributed by atoms with Gasteiger partial charge in [0, 0.05) is 54.4 Å². The Balaban J connectivity index is 1.60. The summed E-state index contributed by atoms with van der Waals surface area (Å²) in [5.41, 5.74) is 5.64. The third-order valence-corrected chi connectivity index (χ3v) is 5.86. The van der Waals surface area contributed by atoms with Crippen LogP contribution in [-0.2, 0) is 7.05 Å². The summed E-state index contributed by atoms with van der Waals surface area (Å²) >= 11 is 0. The van der Waals surface area contributed by atoms with E-state index >= 15 is 0 Å². The summed E-state index contributed by atoms with van der Waals surface area (Å²) in [4.78, 5) is 11.9. The summed E-state index contributed by atoms with van der Waals surface area (Å²) in [6, 6.07) is 12.7. The first-order valence-corrected chi connectivity index (χ1v) is 10.4. The van der Waals surface area contributed by atoms with E-state index in [1.165, 1.54) is 6.42 Å². The highest BCUT2D eigenvalue weighted by atomic mass is 16.5. The number of anilines is 2. The quantitative estimate of drug-likeness (QED) is 0.453. The molecule has 0 atom stereocenters. The van der Waals surface area contributed by atoms with Crippen LogP contribution in [0.1, 0.15) is 19.3 Å². The molecule has 31 heavy (non-hydrogen) atoms. The predicted octanol–water partition coefficient (Wildman–Crippen LogP) is 4.74. The van der Waals surface area contributed by atoms with Gasteiger partial charge in [-0.25, -0.2) is 4.98 Å². The Bertz CT molecular complexity index is 1210. The second-order valence-corrected chi connectivity index (χ2v) is 7.86. The summed E-state index contributed by atoms with van der Waals surface area (Å²) in [6.07, 6.45) is 9.10. The van der Waals surface area contributed by atoms with E-state index in [4.69, 9.17) is 14.5 Å². The van der Waals surface area contributed by atoms with Crippen molar-refractivity contribution in [3.63, 3.8) is 0 Å². The second kappa shape index (κ2) is 7.91. The van der Waals surface area contributed by atoms with E-state index in [-0.39, 0.29) is 0 Å². The molecule has 7 heteroatoms. The molecule has 7 nitrogen and oxygen atoms in total. The highest BCUT2D eigenvalue weighted by molar-refractivity contribution is 5.83. The van der Waals surface area contributed by atoms with Gasteiger partial charge in [-0.3, -0.25) is 9.67 Å². The van der Waals surface area contributed by atoms with Crippen molar-refractivity contribution in [2.24, 2.45) is 7.05 Å². The van der Waals surface area contributed by atoms with Crippen LogP contribution in [0.15, 0.2) is 55.0 Å². The maximum absolute atomic E-state index is 5.51. The van der Waals surface area contributed by atoms with Crippen LogP contribution in [0.25, 0.3) is 22.3 Å². The molecule has 1 aliphatic rings. The van der Waals surface area contributed by atoms with Crippen LogP contribution in [0.3, 0.4) is 0 Å². The molecule has 0 radical (unpaired) electrons. The number of hydrogen-bond donors (Lipinski definition) is 0. The minimum Gasteiger partial charge on any atom is -0.497 e. The lowest BCUT2D eigenvalue weighted by molar-refractivity contribution is 0.391. The Morgan fingerprint density at radius 2 is 1.71 bits per heavy atom.